The Morgan fingerprint density at radius 2 is 2.12 bits per heavy atom. The maximum atomic E-state index is 5.39. The van der Waals surface area contributed by atoms with E-state index in [4.69, 9.17) is 9.47 Å². The molecule has 1 saturated heterocycles. The number of benzene rings is 1. The van der Waals surface area contributed by atoms with Crippen molar-refractivity contribution in [2.24, 2.45) is 4.99 Å². The second-order valence-electron chi connectivity index (χ2n) is 5.52. The minimum absolute atomic E-state index is 0. The van der Waals surface area contributed by atoms with Gasteiger partial charge in [-0.3, -0.25) is 0 Å². The number of nitrogens with zero attached hydrogens (tertiary/aromatic N) is 1. The van der Waals surface area contributed by atoms with Crippen molar-refractivity contribution in [3.05, 3.63) is 22.2 Å². The van der Waals surface area contributed by atoms with Crippen LogP contribution in [0.25, 0.3) is 0 Å². The summed E-state index contributed by atoms with van der Waals surface area (Å²) in [6.07, 6.45) is 2.62. The summed E-state index contributed by atoms with van der Waals surface area (Å²) in [5.74, 6) is 3.54. The fourth-order valence-corrected chi connectivity index (χ4v) is 4.44. The molecule has 0 aliphatic carbocycles. The molecule has 5 nitrogen and oxygen atoms in total. The quantitative estimate of drug-likeness (QED) is 0.309. The molecule has 142 valence electrons. The van der Waals surface area contributed by atoms with E-state index in [0.29, 0.717) is 23.3 Å². The van der Waals surface area contributed by atoms with Crippen molar-refractivity contribution < 1.29 is 9.47 Å². The van der Waals surface area contributed by atoms with Crippen molar-refractivity contribution in [3.8, 4) is 11.5 Å². The van der Waals surface area contributed by atoms with Crippen molar-refractivity contribution in [1.82, 2.24) is 10.6 Å². The van der Waals surface area contributed by atoms with E-state index in [1.54, 1.807) is 14.2 Å². The molecule has 1 unspecified atom stereocenters. The summed E-state index contributed by atoms with van der Waals surface area (Å²) < 4.78 is 11.6. The van der Waals surface area contributed by atoms with E-state index >= 15 is 0 Å². The first-order valence-electron chi connectivity index (χ1n) is 8.22. The van der Waals surface area contributed by atoms with Gasteiger partial charge in [0.05, 0.1) is 25.2 Å². The second-order valence-corrected chi connectivity index (χ2v) is 7.79. The zero-order chi connectivity index (χ0) is 17.4. The summed E-state index contributed by atoms with van der Waals surface area (Å²) in [4.78, 5) is 4.68. The molecule has 1 aliphatic heterocycles. The van der Waals surface area contributed by atoms with Gasteiger partial charge in [0.1, 0.15) is 0 Å². The van der Waals surface area contributed by atoms with E-state index in [0.717, 1.165) is 29.1 Å². The highest BCUT2D eigenvalue weighted by Gasteiger charge is 2.15. The van der Waals surface area contributed by atoms with Crippen LogP contribution in [0.5, 0.6) is 11.5 Å². The summed E-state index contributed by atoms with van der Waals surface area (Å²) in [6.45, 7) is 4.46. The number of rotatable bonds is 7. The van der Waals surface area contributed by atoms with Crippen LogP contribution in [0.3, 0.4) is 0 Å². The number of hydrogen-bond donors (Lipinski definition) is 2. The number of guanidine groups is 1. The van der Waals surface area contributed by atoms with Crippen LogP contribution in [0.15, 0.2) is 21.6 Å². The Labute approximate surface area is 180 Å². The molecule has 1 fully saturated rings. The van der Waals surface area contributed by atoms with Crippen molar-refractivity contribution in [3.63, 3.8) is 0 Å². The topological polar surface area (TPSA) is 54.9 Å². The highest BCUT2D eigenvalue weighted by molar-refractivity contribution is 14.0. The van der Waals surface area contributed by atoms with Gasteiger partial charge in [0.25, 0.3) is 0 Å². The van der Waals surface area contributed by atoms with Crippen LogP contribution in [0.4, 0.5) is 0 Å². The number of hydrogen-bond acceptors (Lipinski definition) is 4. The van der Waals surface area contributed by atoms with Gasteiger partial charge in [0, 0.05) is 18.3 Å². The lowest BCUT2D eigenvalue weighted by Gasteiger charge is -2.15. The van der Waals surface area contributed by atoms with E-state index in [1.807, 2.05) is 23.9 Å². The molecule has 0 saturated carbocycles. The first kappa shape index (κ1) is 22.7. The van der Waals surface area contributed by atoms with E-state index in [9.17, 15) is 0 Å². The minimum atomic E-state index is 0. The maximum Gasteiger partial charge on any atom is 0.191 e. The van der Waals surface area contributed by atoms with Crippen LogP contribution in [0.2, 0.25) is 0 Å². The maximum absolute atomic E-state index is 5.39. The third-order valence-corrected chi connectivity index (χ3v) is 5.77. The van der Waals surface area contributed by atoms with E-state index in [2.05, 4.69) is 38.5 Å². The van der Waals surface area contributed by atoms with Crippen LogP contribution < -0.4 is 20.1 Å². The highest BCUT2D eigenvalue weighted by atomic mass is 127. The third kappa shape index (κ3) is 7.05. The number of thioether (sulfide) groups is 1. The van der Waals surface area contributed by atoms with Gasteiger partial charge in [-0.05, 0) is 59.1 Å². The van der Waals surface area contributed by atoms with Gasteiger partial charge in [0.2, 0.25) is 0 Å². The number of halogens is 2. The number of methoxy groups -OCH3 is 2. The SMILES string of the molecule is CCNC(=NCc1cc(Br)c(OC)c(OC)c1)NCC1CCCS1.I. The summed E-state index contributed by atoms with van der Waals surface area (Å²) in [6, 6.07) is 3.98. The van der Waals surface area contributed by atoms with Gasteiger partial charge in [-0.25, -0.2) is 4.99 Å². The molecular weight excluding hydrogens is 517 g/mol. The lowest BCUT2D eigenvalue weighted by molar-refractivity contribution is 0.352. The van der Waals surface area contributed by atoms with Crippen molar-refractivity contribution in [2.45, 2.75) is 31.6 Å². The molecule has 1 atom stereocenters. The fourth-order valence-electron chi connectivity index (χ4n) is 2.59. The Bertz CT molecular complexity index is 569. The van der Waals surface area contributed by atoms with Crippen molar-refractivity contribution in [2.75, 3.05) is 33.1 Å². The molecule has 0 spiro atoms. The molecule has 8 heteroatoms. The summed E-state index contributed by atoms with van der Waals surface area (Å²) in [5.41, 5.74) is 1.06. The average Bonchev–Trinajstić information content (AvgIpc) is 3.10. The van der Waals surface area contributed by atoms with Gasteiger partial charge in [-0.15, -0.1) is 24.0 Å². The summed E-state index contributed by atoms with van der Waals surface area (Å²) in [7, 11) is 3.27. The number of aliphatic imine (C=N–C) groups is 1. The summed E-state index contributed by atoms with van der Waals surface area (Å²) in [5, 5.41) is 7.45. The molecule has 1 heterocycles. The van der Waals surface area contributed by atoms with E-state index < -0.39 is 0 Å². The number of ether oxygens (including phenoxy) is 2. The molecule has 1 aliphatic rings. The van der Waals surface area contributed by atoms with Crippen LogP contribution in [-0.2, 0) is 6.54 Å². The predicted octanol–water partition coefficient (Wildman–Crippen LogP) is 4.04. The van der Waals surface area contributed by atoms with Crippen molar-refractivity contribution in [1.29, 1.82) is 0 Å². The molecule has 2 N–H and O–H groups in total. The molecule has 1 aromatic rings. The lowest BCUT2D eigenvalue weighted by atomic mass is 10.2. The van der Waals surface area contributed by atoms with Gasteiger partial charge in [-0.1, -0.05) is 0 Å². The highest BCUT2D eigenvalue weighted by Crippen LogP contribution is 2.36. The lowest BCUT2D eigenvalue weighted by Crippen LogP contribution is -2.40. The Kier molecular flexibility index (Phi) is 11.0. The van der Waals surface area contributed by atoms with E-state index in [-0.39, 0.29) is 24.0 Å². The Balaban J connectivity index is 0.00000312. The van der Waals surface area contributed by atoms with Gasteiger partial charge in [0.15, 0.2) is 17.5 Å². The van der Waals surface area contributed by atoms with Gasteiger partial charge >= 0.3 is 0 Å². The van der Waals surface area contributed by atoms with Crippen LogP contribution in [-0.4, -0.2) is 44.3 Å². The predicted molar refractivity (Wildman–Crippen MR) is 121 cm³/mol. The van der Waals surface area contributed by atoms with Crippen LogP contribution >= 0.6 is 51.7 Å². The molecule has 0 radical (unpaired) electrons. The molecule has 25 heavy (non-hydrogen) atoms. The average molecular weight is 544 g/mol. The molecule has 1 aromatic carbocycles. The fraction of sp³-hybridized carbons (Fsp3) is 0.588. The molecule has 0 bridgehead atoms. The zero-order valence-corrected chi connectivity index (χ0v) is 19.7. The zero-order valence-electron chi connectivity index (χ0n) is 14.9. The first-order chi connectivity index (χ1) is 11.7. The monoisotopic (exact) mass is 543 g/mol. The largest absolute Gasteiger partial charge is 0.493 e. The molecule has 2 rings (SSSR count). The van der Waals surface area contributed by atoms with Crippen LogP contribution in [0, 0.1) is 0 Å². The van der Waals surface area contributed by atoms with Gasteiger partial charge in [-0.2, -0.15) is 11.8 Å². The minimum Gasteiger partial charge on any atom is -0.493 e. The molecule has 0 amide bonds. The molecular formula is C17H27BrIN3O2S. The Hall–Kier alpha value is -0.350. The van der Waals surface area contributed by atoms with Crippen molar-refractivity contribution >= 4 is 57.6 Å². The van der Waals surface area contributed by atoms with Crippen LogP contribution in [0.1, 0.15) is 25.3 Å². The summed E-state index contributed by atoms with van der Waals surface area (Å²) >= 11 is 5.57. The smallest absolute Gasteiger partial charge is 0.191 e. The number of nitrogens with one attached hydrogen (secondary N) is 2. The Morgan fingerprint density at radius 1 is 1.32 bits per heavy atom. The normalized spacial score (nSPS) is 17.0. The first-order valence-corrected chi connectivity index (χ1v) is 10.1. The van der Waals surface area contributed by atoms with E-state index in [1.165, 1.54) is 18.6 Å². The second kappa shape index (κ2) is 12.1. The Morgan fingerprint density at radius 3 is 2.72 bits per heavy atom. The van der Waals surface area contributed by atoms with Gasteiger partial charge < -0.3 is 20.1 Å². The standard InChI is InChI=1S/C17H26BrN3O2S.HI/c1-4-19-17(21-11-13-6-5-7-24-13)20-10-12-8-14(18)16(23-3)15(9-12)22-2;/h8-9,13H,4-7,10-11H2,1-3H3,(H2,19,20,21);1H. The molecule has 0 aromatic heterocycles. The third-order valence-electron chi connectivity index (χ3n) is 3.78.